The van der Waals surface area contributed by atoms with Crippen LogP contribution in [0.5, 0.6) is 0 Å². The van der Waals surface area contributed by atoms with Crippen LogP contribution in [0.3, 0.4) is 0 Å². The van der Waals surface area contributed by atoms with Gasteiger partial charge in [-0.25, -0.2) is 0 Å². The fourth-order valence-electron chi connectivity index (χ4n) is 1.53. The summed E-state index contributed by atoms with van der Waals surface area (Å²) < 4.78 is 0. The third-order valence-electron chi connectivity index (χ3n) is 2.35. The summed E-state index contributed by atoms with van der Waals surface area (Å²) in [5, 5.41) is 0. The lowest BCUT2D eigenvalue weighted by molar-refractivity contribution is -0.127. The molecule has 0 radical (unpaired) electrons. The molecule has 0 saturated heterocycles. The molecule has 2 heteroatoms. The molecule has 90 valence electrons. The van der Waals surface area contributed by atoms with E-state index < -0.39 is 0 Å². The minimum atomic E-state index is 0.0821. The van der Waals surface area contributed by atoms with Crippen LogP contribution in [0.1, 0.15) is 33.6 Å². The molecule has 1 aliphatic rings. The highest BCUT2D eigenvalue weighted by Gasteiger charge is 2.21. The van der Waals surface area contributed by atoms with Crippen LogP contribution >= 0.6 is 0 Å². The zero-order valence-corrected chi connectivity index (χ0v) is 10.8. The van der Waals surface area contributed by atoms with Gasteiger partial charge in [-0.3, -0.25) is 4.79 Å². The summed E-state index contributed by atoms with van der Waals surface area (Å²) in [4.78, 5) is 13.5. The van der Waals surface area contributed by atoms with Crippen molar-refractivity contribution >= 4 is 5.91 Å². The average molecular weight is 221 g/mol. The Bertz CT molecular complexity index is 289. The van der Waals surface area contributed by atoms with Gasteiger partial charge in [-0.15, -0.1) is 0 Å². The monoisotopic (exact) mass is 221 g/mol. The van der Waals surface area contributed by atoms with E-state index in [1.165, 1.54) is 6.42 Å². The molecule has 0 saturated carbocycles. The van der Waals surface area contributed by atoms with Crippen LogP contribution in [-0.2, 0) is 4.79 Å². The smallest absolute Gasteiger partial charge is 0.254 e. The van der Waals surface area contributed by atoms with Crippen molar-refractivity contribution in [1.29, 1.82) is 0 Å². The Morgan fingerprint density at radius 2 is 1.81 bits per heavy atom. The van der Waals surface area contributed by atoms with Gasteiger partial charge in [0.15, 0.2) is 0 Å². The molecular weight excluding hydrogens is 198 g/mol. The van der Waals surface area contributed by atoms with Gasteiger partial charge in [0.05, 0.1) is 0 Å². The van der Waals surface area contributed by atoms with Gasteiger partial charge < -0.3 is 4.90 Å². The van der Waals surface area contributed by atoms with Crippen LogP contribution in [0.15, 0.2) is 36.5 Å². The third kappa shape index (κ3) is 3.69. The first-order valence-corrected chi connectivity index (χ1v) is 5.93. The topological polar surface area (TPSA) is 20.3 Å². The Balaban J connectivity index is 0.000000673. The first-order valence-electron chi connectivity index (χ1n) is 5.93. The van der Waals surface area contributed by atoms with E-state index in [0.29, 0.717) is 5.57 Å². The molecule has 1 amide bonds. The zero-order chi connectivity index (χ0) is 12.6. The van der Waals surface area contributed by atoms with Gasteiger partial charge in [0.25, 0.3) is 5.91 Å². The summed E-state index contributed by atoms with van der Waals surface area (Å²) in [5.41, 5.74) is 1.73. The van der Waals surface area contributed by atoms with Crippen LogP contribution < -0.4 is 0 Å². The van der Waals surface area contributed by atoms with E-state index in [0.717, 1.165) is 25.1 Å². The molecule has 0 spiro atoms. The normalized spacial score (nSPS) is 15.4. The minimum Gasteiger partial charge on any atom is -0.339 e. The Morgan fingerprint density at radius 1 is 1.25 bits per heavy atom. The average Bonchev–Trinajstić information content (AvgIpc) is 2.29. The quantitative estimate of drug-likeness (QED) is 0.716. The second-order valence-electron chi connectivity index (χ2n) is 3.69. The number of allylic oxidation sites excluding steroid dienone is 1. The number of carbonyl (C=O) groups excluding carboxylic acids is 1. The summed E-state index contributed by atoms with van der Waals surface area (Å²) >= 11 is 0. The molecule has 0 bridgehead atoms. The number of likely N-dealkylation sites (N-methyl/N-ethyl adjacent to an activating group) is 1. The van der Waals surface area contributed by atoms with E-state index in [1.807, 2.05) is 11.8 Å². The number of hydrogen-bond acceptors (Lipinski definition) is 1. The minimum absolute atomic E-state index is 0.0821. The van der Waals surface area contributed by atoms with E-state index in [4.69, 9.17) is 0 Å². The largest absolute Gasteiger partial charge is 0.339 e. The van der Waals surface area contributed by atoms with Crippen molar-refractivity contribution in [3.63, 3.8) is 0 Å². The van der Waals surface area contributed by atoms with Gasteiger partial charge in [-0.2, -0.15) is 0 Å². The Labute approximate surface area is 99.3 Å². The molecule has 0 aromatic carbocycles. The first kappa shape index (κ1) is 14.7. The maximum Gasteiger partial charge on any atom is 0.254 e. The van der Waals surface area contributed by atoms with E-state index in [-0.39, 0.29) is 5.91 Å². The number of rotatable bonds is 3. The molecule has 0 atom stereocenters. The van der Waals surface area contributed by atoms with E-state index in [9.17, 15) is 4.79 Å². The molecule has 1 heterocycles. The molecule has 0 aromatic rings. The molecule has 0 unspecified atom stereocenters. The van der Waals surface area contributed by atoms with Gasteiger partial charge in [-0.05, 0) is 18.9 Å². The second-order valence-corrected chi connectivity index (χ2v) is 3.69. The summed E-state index contributed by atoms with van der Waals surface area (Å²) in [6.45, 7) is 15.1. The molecule has 0 fully saturated rings. The number of amides is 1. The summed E-state index contributed by atoms with van der Waals surface area (Å²) in [6.07, 6.45) is 5.52. The molecule has 0 aromatic heterocycles. The van der Waals surface area contributed by atoms with E-state index in [1.54, 1.807) is 12.2 Å². The molecule has 2 nitrogen and oxygen atoms in total. The first-order chi connectivity index (χ1) is 7.65. The van der Waals surface area contributed by atoms with Crippen molar-refractivity contribution in [3.05, 3.63) is 36.5 Å². The lowest BCUT2D eigenvalue weighted by Gasteiger charge is -2.27. The van der Waals surface area contributed by atoms with Gasteiger partial charge in [-0.1, -0.05) is 45.6 Å². The van der Waals surface area contributed by atoms with Crippen molar-refractivity contribution in [1.82, 2.24) is 4.90 Å². The summed E-state index contributed by atoms with van der Waals surface area (Å²) in [6, 6.07) is 0. The van der Waals surface area contributed by atoms with E-state index in [2.05, 4.69) is 27.0 Å². The maximum atomic E-state index is 11.7. The lowest BCUT2D eigenvalue weighted by atomic mass is 9.99. The summed E-state index contributed by atoms with van der Waals surface area (Å²) in [7, 11) is 0. The molecular formula is C14H23NO. The second kappa shape index (κ2) is 7.91. The number of carbonyl (C=O) groups is 1. The van der Waals surface area contributed by atoms with Crippen LogP contribution in [-0.4, -0.2) is 23.9 Å². The Morgan fingerprint density at radius 3 is 2.19 bits per heavy atom. The van der Waals surface area contributed by atoms with Gasteiger partial charge >= 0.3 is 0 Å². The van der Waals surface area contributed by atoms with Crippen molar-refractivity contribution in [2.24, 2.45) is 0 Å². The molecule has 16 heavy (non-hydrogen) atoms. The number of hydrogen-bond donors (Lipinski definition) is 0. The highest BCUT2D eigenvalue weighted by atomic mass is 16.2. The van der Waals surface area contributed by atoms with E-state index >= 15 is 0 Å². The van der Waals surface area contributed by atoms with Crippen molar-refractivity contribution < 1.29 is 4.79 Å². The standard InChI is InChI=1S/C11H15NO.C3H8/c1-4-9-7-8-12(6-3)11(13)10(9)5-2;1-3-2/h4-5H,1-2,6-8H2,3H3;3H2,1-2H3. The fourth-order valence-corrected chi connectivity index (χ4v) is 1.53. The molecule has 1 aliphatic heterocycles. The predicted octanol–water partition coefficient (Wildman–Crippen LogP) is 3.32. The fraction of sp³-hybridized carbons (Fsp3) is 0.500. The van der Waals surface area contributed by atoms with Crippen molar-refractivity contribution in [2.75, 3.05) is 13.1 Å². The van der Waals surface area contributed by atoms with Gasteiger partial charge in [0.1, 0.15) is 0 Å². The molecule has 1 rings (SSSR count). The van der Waals surface area contributed by atoms with Crippen molar-refractivity contribution in [2.45, 2.75) is 33.6 Å². The van der Waals surface area contributed by atoms with Gasteiger partial charge in [0.2, 0.25) is 0 Å². The predicted molar refractivity (Wildman–Crippen MR) is 70.3 cm³/mol. The lowest BCUT2D eigenvalue weighted by Crippen LogP contribution is -2.36. The third-order valence-corrected chi connectivity index (χ3v) is 2.35. The van der Waals surface area contributed by atoms with Crippen LogP contribution in [0.2, 0.25) is 0 Å². The van der Waals surface area contributed by atoms with Crippen LogP contribution in [0.4, 0.5) is 0 Å². The van der Waals surface area contributed by atoms with Crippen LogP contribution in [0, 0.1) is 0 Å². The Kier molecular flexibility index (Phi) is 7.27. The Hall–Kier alpha value is -1.31. The highest BCUT2D eigenvalue weighted by molar-refractivity contribution is 5.98. The zero-order valence-electron chi connectivity index (χ0n) is 10.8. The summed E-state index contributed by atoms with van der Waals surface area (Å²) in [5.74, 6) is 0.0821. The van der Waals surface area contributed by atoms with Crippen LogP contribution in [0.25, 0.3) is 0 Å². The number of nitrogens with zero attached hydrogens (tertiary/aromatic N) is 1. The molecule has 0 N–H and O–H groups in total. The maximum absolute atomic E-state index is 11.7. The van der Waals surface area contributed by atoms with Gasteiger partial charge in [0, 0.05) is 18.7 Å². The molecule has 0 aliphatic carbocycles. The van der Waals surface area contributed by atoms with Crippen molar-refractivity contribution in [3.8, 4) is 0 Å². The SMILES string of the molecule is C=CC1=C(C=C)C(=O)N(CC)CC1.CCC. The highest BCUT2D eigenvalue weighted by Crippen LogP contribution is 2.20.